The molecule has 1 N–H and O–H groups in total. The zero-order valence-electron chi connectivity index (χ0n) is 11.8. The van der Waals surface area contributed by atoms with E-state index < -0.39 is 0 Å². The molecule has 0 spiro atoms. The normalized spacial score (nSPS) is 14.0. The van der Waals surface area contributed by atoms with E-state index in [1.165, 1.54) is 5.56 Å². The lowest BCUT2D eigenvalue weighted by atomic mass is 9.85. The summed E-state index contributed by atoms with van der Waals surface area (Å²) < 4.78 is 0. The Labute approximate surface area is 106 Å². The second-order valence-corrected chi connectivity index (χ2v) is 5.66. The van der Waals surface area contributed by atoms with Gasteiger partial charge in [-0.25, -0.2) is 0 Å². The summed E-state index contributed by atoms with van der Waals surface area (Å²) in [7, 11) is 4.22. The molecule has 0 bridgehead atoms. The van der Waals surface area contributed by atoms with Crippen LogP contribution in [0.25, 0.3) is 0 Å². The maximum absolute atomic E-state index is 3.35. The standard InChI is InChI=1S/C15H26N2/c1-13(16-4)15(2,3)12-17(5)11-14-9-7-6-8-10-14/h6-10,13,16H,11-12H2,1-5H3. The van der Waals surface area contributed by atoms with Gasteiger partial charge in [-0.15, -0.1) is 0 Å². The highest BCUT2D eigenvalue weighted by atomic mass is 15.1. The Morgan fingerprint density at radius 1 is 1.24 bits per heavy atom. The van der Waals surface area contributed by atoms with Crippen molar-refractivity contribution in [3.8, 4) is 0 Å². The number of nitrogens with zero attached hydrogens (tertiary/aromatic N) is 1. The van der Waals surface area contributed by atoms with Crippen LogP contribution in [-0.2, 0) is 6.54 Å². The van der Waals surface area contributed by atoms with Crippen LogP contribution in [0.5, 0.6) is 0 Å². The van der Waals surface area contributed by atoms with Crippen LogP contribution in [0.2, 0.25) is 0 Å². The molecular formula is C15H26N2. The van der Waals surface area contributed by atoms with Gasteiger partial charge in [-0.3, -0.25) is 0 Å². The topological polar surface area (TPSA) is 15.3 Å². The number of nitrogens with one attached hydrogen (secondary N) is 1. The van der Waals surface area contributed by atoms with E-state index in [-0.39, 0.29) is 5.41 Å². The van der Waals surface area contributed by atoms with Gasteiger partial charge < -0.3 is 10.2 Å². The fourth-order valence-electron chi connectivity index (χ4n) is 2.17. The molecule has 1 aromatic rings. The molecule has 0 aliphatic rings. The largest absolute Gasteiger partial charge is 0.317 e. The van der Waals surface area contributed by atoms with Crippen LogP contribution < -0.4 is 5.32 Å². The van der Waals surface area contributed by atoms with Gasteiger partial charge in [0, 0.05) is 19.1 Å². The zero-order valence-corrected chi connectivity index (χ0v) is 11.8. The number of benzene rings is 1. The molecule has 0 saturated heterocycles. The highest BCUT2D eigenvalue weighted by Gasteiger charge is 2.25. The first kappa shape index (κ1) is 14.2. The van der Waals surface area contributed by atoms with E-state index in [2.05, 4.69) is 68.4 Å². The Morgan fingerprint density at radius 2 is 1.82 bits per heavy atom. The maximum atomic E-state index is 3.35. The van der Waals surface area contributed by atoms with Gasteiger partial charge in [0.1, 0.15) is 0 Å². The van der Waals surface area contributed by atoms with Gasteiger partial charge in [0.05, 0.1) is 0 Å². The molecular weight excluding hydrogens is 208 g/mol. The molecule has 1 atom stereocenters. The molecule has 1 aromatic carbocycles. The average Bonchev–Trinajstić information content (AvgIpc) is 2.28. The smallest absolute Gasteiger partial charge is 0.0230 e. The van der Waals surface area contributed by atoms with Crippen LogP contribution in [-0.4, -0.2) is 31.6 Å². The summed E-state index contributed by atoms with van der Waals surface area (Å²) in [4.78, 5) is 2.39. The molecule has 0 heterocycles. The van der Waals surface area contributed by atoms with Gasteiger partial charge in [-0.2, -0.15) is 0 Å². The van der Waals surface area contributed by atoms with Gasteiger partial charge in [0.15, 0.2) is 0 Å². The first-order valence-electron chi connectivity index (χ1n) is 6.35. The van der Waals surface area contributed by atoms with E-state index in [4.69, 9.17) is 0 Å². The van der Waals surface area contributed by atoms with Crippen molar-refractivity contribution in [1.82, 2.24) is 10.2 Å². The van der Waals surface area contributed by atoms with Crippen molar-refractivity contribution in [3.05, 3.63) is 35.9 Å². The van der Waals surface area contributed by atoms with Crippen LogP contribution in [0.1, 0.15) is 26.3 Å². The van der Waals surface area contributed by atoms with Gasteiger partial charge in [0.25, 0.3) is 0 Å². The van der Waals surface area contributed by atoms with E-state index in [1.807, 2.05) is 7.05 Å². The third kappa shape index (κ3) is 4.49. The van der Waals surface area contributed by atoms with Gasteiger partial charge in [-0.05, 0) is 32.0 Å². The number of hydrogen-bond acceptors (Lipinski definition) is 2. The van der Waals surface area contributed by atoms with Crippen molar-refractivity contribution >= 4 is 0 Å². The summed E-state index contributed by atoms with van der Waals surface area (Å²) in [5, 5.41) is 3.35. The van der Waals surface area contributed by atoms with Crippen LogP contribution in [0.3, 0.4) is 0 Å². The van der Waals surface area contributed by atoms with Crippen molar-refractivity contribution in [2.75, 3.05) is 20.6 Å². The maximum Gasteiger partial charge on any atom is 0.0230 e. The zero-order chi connectivity index (χ0) is 12.9. The van der Waals surface area contributed by atoms with Crippen LogP contribution in [0, 0.1) is 5.41 Å². The molecule has 2 heteroatoms. The van der Waals surface area contributed by atoms with Gasteiger partial charge in [0.2, 0.25) is 0 Å². The van der Waals surface area contributed by atoms with Crippen molar-refractivity contribution in [1.29, 1.82) is 0 Å². The van der Waals surface area contributed by atoms with Crippen LogP contribution in [0.15, 0.2) is 30.3 Å². The summed E-state index contributed by atoms with van der Waals surface area (Å²) in [6, 6.07) is 11.2. The van der Waals surface area contributed by atoms with Gasteiger partial charge in [-0.1, -0.05) is 44.2 Å². The van der Waals surface area contributed by atoms with Crippen molar-refractivity contribution in [2.45, 2.75) is 33.4 Å². The fraction of sp³-hybridized carbons (Fsp3) is 0.600. The lowest BCUT2D eigenvalue weighted by Crippen LogP contribution is -2.44. The Bertz CT molecular complexity index is 319. The van der Waals surface area contributed by atoms with Crippen molar-refractivity contribution in [3.63, 3.8) is 0 Å². The summed E-state index contributed by atoms with van der Waals surface area (Å²) in [6.45, 7) is 8.98. The summed E-state index contributed by atoms with van der Waals surface area (Å²) in [6.07, 6.45) is 0. The minimum atomic E-state index is 0.276. The van der Waals surface area contributed by atoms with Crippen LogP contribution in [0.4, 0.5) is 0 Å². The Balaban J connectivity index is 2.52. The first-order chi connectivity index (χ1) is 7.95. The molecule has 1 unspecified atom stereocenters. The average molecular weight is 234 g/mol. The summed E-state index contributed by atoms with van der Waals surface area (Å²) in [5.74, 6) is 0. The molecule has 1 rings (SSSR count). The number of rotatable bonds is 6. The second-order valence-electron chi connectivity index (χ2n) is 5.66. The SMILES string of the molecule is CNC(C)C(C)(C)CN(C)Cc1ccccc1. The minimum Gasteiger partial charge on any atom is -0.317 e. The highest BCUT2D eigenvalue weighted by molar-refractivity contribution is 5.14. The first-order valence-corrected chi connectivity index (χ1v) is 6.35. The monoisotopic (exact) mass is 234 g/mol. The second kappa shape index (κ2) is 6.18. The van der Waals surface area contributed by atoms with E-state index in [1.54, 1.807) is 0 Å². The molecule has 0 saturated carbocycles. The molecule has 0 aliphatic carbocycles. The molecule has 96 valence electrons. The Hall–Kier alpha value is -0.860. The van der Waals surface area contributed by atoms with E-state index in [0.717, 1.165) is 13.1 Å². The van der Waals surface area contributed by atoms with E-state index in [0.29, 0.717) is 6.04 Å². The molecule has 0 aromatic heterocycles. The Kier molecular flexibility index (Phi) is 5.16. The van der Waals surface area contributed by atoms with E-state index >= 15 is 0 Å². The number of hydrogen-bond donors (Lipinski definition) is 1. The van der Waals surface area contributed by atoms with Crippen LogP contribution >= 0.6 is 0 Å². The third-order valence-electron chi connectivity index (χ3n) is 3.58. The molecule has 0 aliphatic heterocycles. The molecule has 0 fully saturated rings. The summed E-state index contributed by atoms with van der Waals surface area (Å²) in [5.41, 5.74) is 1.65. The Morgan fingerprint density at radius 3 is 2.35 bits per heavy atom. The minimum absolute atomic E-state index is 0.276. The fourth-order valence-corrected chi connectivity index (χ4v) is 2.17. The molecule has 0 amide bonds. The van der Waals surface area contributed by atoms with Crippen molar-refractivity contribution < 1.29 is 0 Å². The third-order valence-corrected chi connectivity index (χ3v) is 3.58. The quantitative estimate of drug-likeness (QED) is 0.814. The summed E-state index contributed by atoms with van der Waals surface area (Å²) >= 11 is 0. The molecule has 2 nitrogen and oxygen atoms in total. The molecule has 0 radical (unpaired) electrons. The lowest BCUT2D eigenvalue weighted by molar-refractivity contribution is 0.164. The predicted molar refractivity (Wildman–Crippen MR) is 75.1 cm³/mol. The van der Waals surface area contributed by atoms with Crippen molar-refractivity contribution in [2.24, 2.45) is 5.41 Å². The van der Waals surface area contributed by atoms with Gasteiger partial charge >= 0.3 is 0 Å². The van der Waals surface area contributed by atoms with E-state index in [9.17, 15) is 0 Å². The lowest BCUT2D eigenvalue weighted by Gasteiger charge is -2.35. The predicted octanol–water partition coefficient (Wildman–Crippen LogP) is 2.75. The molecule has 17 heavy (non-hydrogen) atoms. The highest BCUT2D eigenvalue weighted by Crippen LogP contribution is 2.22.